The first-order valence-corrected chi connectivity index (χ1v) is 8.13. The molecule has 126 valence electrons. The van der Waals surface area contributed by atoms with Crippen LogP contribution in [0.5, 0.6) is 11.5 Å². The van der Waals surface area contributed by atoms with Crippen molar-refractivity contribution in [2.75, 3.05) is 13.6 Å². The molecule has 0 spiro atoms. The minimum absolute atomic E-state index is 0.0159. The Morgan fingerprint density at radius 3 is 2.38 bits per heavy atom. The Kier molecular flexibility index (Phi) is 6.34. The Morgan fingerprint density at radius 2 is 1.79 bits per heavy atom. The number of ether oxygens (including phenoxy) is 1. The molecule has 2 aromatic rings. The van der Waals surface area contributed by atoms with E-state index in [2.05, 4.69) is 25.8 Å². The third-order valence-electron chi connectivity index (χ3n) is 3.76. The first-order valence-electron chi connectivity index (χ1n) is 8.13. The van der Waals surface area contributed by atoms with Crippen molar-refractivity contribution in [3.8, 4) is 17.6 Å². The molecule has 2 rings (SSSR count). The highest BCUT2D eigenvalue weighted by molar-refractivity contribution is 5.39. The SMILES string of the molecule is CC(C)CCN(C)Cc1ccc(Oc2ccc(C#N)c(F)c2)cc1. The zero-order valence-electron chi connectivity index (χ0n) is 14.4. The highest BCUT2D eigenvalue weighted by Gasteiger charge is 2.06. The second-order valence-electron chi connectivity index (χ2n) is 6.42. The third-order valence-corrected chi connectivity index (χ3v) is 3.76. The van der Waals surface area contributed by atoms with Gasteiger partial charge >= 0.3 is 0 Å². The van der Waals surface area contributed by atoms with Gasteiger partial charge < -0.3 is 9.64 Å². The molecule has 0 N–H and O–H groups in total. The van der Waals surface area contributed by atoms with Crippen LogP contribution in [0.4, 0.5) is 4.39 Å². The molecule has 0 amide bonds. The molecule has 0 aromatic heterocycles. The van der Waals surface area contributed by atoms with Crippen molar-refractivity contribution in [1.29, 1.82) is 5.26 Å². The zero-order valence-corrected chi connectivity index (χ0v) is 14.4. The van der Waals surface area contributed by atoms with Gasteiger partial charge in [0.1, 0.15) is 23.4 Å². The molecule has 0 aliphatic carbocycles. The van der Waals surface area contributed by atoms with Crippen LogP contribution >= 0.6 is 0 Å². The summed E-state index contributed by atoms with van der Waals surface area (Å²) in [5, 5.41) is 8.74. The predicted molar refractivity (Wildman–Crippen MR) is 93.4 cm³/mol. The summed E-state index contributed by atoms with van der Waals surface area (Å²) in [6, 6.07) is 13.8. The van der Waals surface area contributed by atoms with Crippen LogP contribution in [0.2, 0.25) is 0 Å². The number of nitrogens with zero attached hydrogens (tertiary/aromatic N) is 2. The van der Waals surface area contributed by atoms with E-state index in [-0.39, 0.29) is 5.56 Å². The van der Waals surface area contributed by atoms with Gasteiger partial charge in [0.2, 0.25) is 0 Å². The number of rotatable bonds is 7. The minimum atomic E-state index is -0.571. The van der Waals surface area contributed by atoms with E-state index in [1.165, 1.54) is 24.1 Å². The summed E-state index contributed by atoms with van der Waals surface area (Å²) in [6.07, 6.45) is 1.18. The standard InChI is InChI=1S/C20H23FN2O/c1-15(2)10-11-23(3)14-16-4-7-18(8-5-16)24-19-9-6-17(13-22)20(21)12-19/h4-9,12,15H,10-11,14H2,1-3H3. The van der Waals surface area contributed by atoms with E-state index in [4.69, 9.17) is 10.00 Å². The number of benzene rings is 2. The van der Waals surface area contributed by atoms with Crippen molar-refractivity contribution in [1.82, 2.24) is 4.90 Å². The second kappa shape index (κ2) is 8.47. The highest BCUT2D eigenvalue weighted by Crippen LogP contribution is 2.24. The Morgan fingerprint density at radius 1 is 1.12 bits per heavy atom. The maximum Gasteiger partial charge on any atom is 0.144 e. The Balaban J connectivity index is 1.94. The summed E-state index contributed by atoms with van der Waals surface area (Å²) in [5.74, 6) is 1.16. The Hall–Kier alpha value is -2.38. The molecule has 0 bridgehead atoms. The number of nitriles is 1. The van der Waals surface area contributed by atoms with Gasteiger partial charge in [0.25, 0.3) is 0 Å². The fourth-order valence-electron chi connectivity index (χ4n) is 2.32. The van der Waals surface area contributed by atoms with Gasteiger partial charge in [0.15, 0.2) is 0 Å². The lowest BCUT2D eigenvalue weighted by atomic mass is 10.1. The molecule has 3 nitrogen and oxygen atoms in total. The minimum Gasteiger partial charge on any atom is -0.457 e. The normalized spacial score (nSPS) is 10.9. The summed E-state index contributed by atoms with van der Waals surface area (Å²) in [4.78, 5) is 2.30. The quantitative estimate of drug-likeness (QED) is 0.721. The molecule has 0 heterocycles. The van der Waals surface area contributed by atoms with E-state index >= 15 is 0 Å². The van der Waals surface area contributed by atoms with Crippen molar-refractivity contribution in [3.05, 3.63) is 59.4 Å². The first-order chi connectivity index (χ1) is 11.5. The average molecular weight is 326 g/mol. The topological polar surface area (TPSA) is 36.3 Å². The molecule has 0 saturated heterocycles. The number of halogens is 1. The van der Waals surface area contributed by atoms with Gasteiger partial charge in [-0.15, -0.1) is 0 Å². The van der Waals surface area contributed by atoms with Gasteiger partial charge in [-0.25, -0.2) is 4.39 Å². The molecule has 0 radical (unpaired) electrons. The second-order valence-corrected chi connectivity index (χ2v) is 6.42. The maximum atomic E-state index is 13.6. The average Bonchev–Trinajstić information content (AvgIpc) is 2.55. The highest BCUT2D eigenvalue weighted by atomic mass is 19.1. The van der Waals surface area contributed by atoms with Gasteiger partial charge in [0.05, 0.1) is 5.56 Å². The molecule has 0 atom stereocenters. The Labute approximate surface area is 143 Å². The van der Waals surface area contributed by atoms with Crippen LogP contribution in [-0.2, 0) is 6.54 Å². The number of hydrogen-bond acceptors (Lipinski definition) is 3. The monoisotopic (exact) mass is 326 g/mol. The van der Waals surface area contributed by atoms with Crippen LogP contribution in [0.15, 0.2) is 42.5 Å². The maximum absolute atomic E-state index is 13.6. The lowest BCUT2D eigenvalue weighted by Crippen LogP contribution is -2.20. The Bertz CT molecular complexity index is 705. The van der Waals surface area contributed by atoms with Crippen molar-refractivity contribution < 1.29 is 9.13 Å². The van der Waals surface area contributed by atoms with Crippen LogP contribution in [0.3, 0.4) is 0 Å². The van der Waals surface area contributed by atoms with Crippen molar-refractivity contribution in [2.24, 2.45) is 5.92 Å². The van der Waals surface area contributed by atoms with Crippen LogP contribution in [-0.4, -0.2) is 18.5 Å². The van der Waals surface area contributed by atoms with E-state index in [0.717, 1.165) is 13.1 Å². The molecule has 0 aliphatic heterocycles. The largest absolute Gasteiger partial charge is 0.457 e. The summed E-state index contributed by atoms with van der Waals surface area (Å²) in [5.41, 5.74) is 1.22. The van der Waals surface area contributed by atoms with E-state index in [1.807, 2.05) is 24.3 Å². The smallest absolute Gasteiger partial charge is 0.144 e. The van der Waals surface area contributed by atoms with Crippen LogP contribution in [0.1, 0.15) is 31.4 Å². The predicted octanol–water partition coefficient (Wildman–Crippen LogP) is 4.97. The third kappa shape index (κ3) is 5.36. The van der Waals surface area contributed by atoms with Gasteiger partial charge in [-0.05, 0) is 55.8 Å². The molecule has 24 heavy (non-hydrogen) atoms. The van der Waals surface area contributed by atoms with E-state index in [0.29, 0.717) is 17.4 Å². The molecule has 0 fully saturated rings. The molecule has 0 saturated carbocycles. The fraction of sp³-hybridized carbons (Fsp3) is 0.350. The van der Waals surface area contributed by atoms with Crippen molar-refractivity contribution in [3.63, 3.8) is 0 Å². The van der Waals surface area contributed by atoms with E-state index < -0.39 is 5.82 Å². The van der Waals surface area contributed by atoms with Gasteiger partial charge in [-0.2, -0.15) is 5.26 Å². The molecular formula is C20H23FN2O. The van der Waals surface area contributed by atoms with E-state index in [9.17, 15) is 4.39 Å². The van der Waals surface area contributed by atoms with Crippen LogP contribution < -0.4 is 4.74 Å². The summed E-state index contributed by atoms with van der Waals surface area (Å²) in [6.45, 7) is 6.41. The molecule has 4 heteroatoms. The molecular weight excluding hydrogens is 303 g/mol. The lowest BCUT2D eigenvalue weighted by molar-refractivity contribution is 0.303. The summed E-state index contributed by atoms with van der Waals surface area (Å²) < 4.78 is 19.2. The number of hydrogen-bond donors (Lipinski definition) is 0. The van der Waals surface area contributed by atoms with Crippen molar-refractivity contribution >= 4 is 0 Å². The summed E-state index contributed by atoms with van der Waals surface area (Å²) >= 11 is 0. The summed E-state index contributed by atoms with van der Waals surface area (Å²) in [7, 11) is 2.12. The van der Waals surface area contributed by atoms with Crippen LogP contribution in [0, 0.1) is 23.1 Å². The van der Waals surface area contributed by atoms with Gasteiger partial charge in [-0.3, -0.25) is 0 Å². The molecule has 2 aromatic carbocycles. The molecule has 0 aliphatic rings. The fourth-order valence-corrected chi connectivity index (χ4v) is 2.32. The van der Waals surface area contributed by atoms with Crippen molar-refractivity contribution in [2.45, 2.75) is 26.8 Å². The van der Waals surface area contributed by atoms with Gasteiger partial charge in [0, 0.05) is 12.6 Å². The van der Waals surface area contributed by atoms with Crippen LogP contribution in [0.25, 0.3) is 0 Å². The first kappa shape index (κ1) is 18.0. The zero-order chi connectivity index (χ0) is 17.5. The van der Waals surface area contributed by atoms with E-state index in [1.54, 1.807) is 12.1 Å². The lowest BCUT2D eigenvalue weighted by Gasteiger charge is -2.18. The molecule has 0 unspecified atom stereocenters. The van der Waals surface area contributed by atoms with Gasteiger partial charge in [-0.1, -0.05) is 26.0 Å².